The molecule has 1 unspecified atom stereocenters. The summed E-state index contributed by atoms with van der Waals surface area (Å²) in [4.78, 5) is 12.3. The highest BCUT2D eigenvalue weighted by molar-refractivity contribution is 7.54. The molecule has 0 aliphatic heterocycles. The first-order valence-corrected chi connectivity index (χ1v) is 9.53. The molecule has 0 fully saturated rings. The van der Waals surface area contributed by atoms with E-state index in [9.17, 15) is 9.36 Å². The Labute approximate surface area is 133 Å². The molecule has 0 saturated carbocycles. The molecule has 1 rings (SSSR count). The van der Waals surface area contributed by atoms with Crippen LogP contribution in [0, 0.1) is 0 Å². The van der Waals surface area contributed by atoms with Gasteiger partial charge in [0.15, 0.2) is 0 Å². The highest BCUT2D eigenvalue weighted by Gasteiger charge is 2.34. The van der Waals surface area contributed by atoms with Gasteiger partial charge in [0.05, 0.1) is 24.3 Å². The van der Waals surface area contributed by atoms with Crippen molar-refractivity contribution < 1.29 is 18.4 Å². The Morgan fingerprint density at radius 2 is 1.55 bits per heavy atom. The molecular weight excluding hydrogens is 299 g/mol. The second-order valence-electron chi connectivity index (χ2n) is 5.88. The van der Waals surface area contributed by atoms with Crippen LogP contribution in [0.4, 0.5) is 0 Å². The summed E-state index contributed by atoms with van der Waals surface area (Å²) in [6.45, 7) is 9.08. The van der Waals surface area contributed by atoms with Crippen molar-refractivity contribution in [1.82, 2.24) is 0 Å². The van der Waals surface area contributed by atoms with Crippen LogP contribution in [0.3, 0.4) is 0 Å². The Morgan fingerprint density at radius 3 is 1.95 bits per heavy atom. The molecule has 0 bridgehead atoms. The van der Waals surface area contributed by atoms with Gasteiger partial charge in [-0.3, -0.25) is 9.36 Å². The fourth-order valence-electron chi connectivity index (χ4n) is 2.30. The van der Waals surface area contributed by atoms with Gasteiger partial charge < -0.3 is 9.05 Å². The van der Waals surface area contributed by atoms with Gasteiger partial charge in [-0.15, -0.1) is 0 Å². The van der Waals surface area contributed by atoms with Gasteiger partial charge in [0.2, 0.25) is 0 Å². The van der Waals surface area contributed by atoms with E-state index in [1.807, 2.05) is 65.0 Å². The molecular formula is C17H27O4P. The minimum atomic E-state index is -3.34. The predicted molar refractivity (Wildman–Crippen MR) is 89.4 cm³/mol. The van der Waals surface area contributed by atoms with Gasteiger partial charge in [-0.05, 0) is 33.3 Å². The van der Waals surface area contributed by atoms with Crippen molar-refractivity contribution in [2.45, 2.75) is 59.2 Å². The van der Waals surface area contributed by atoms with Crippen molar-refractivity contribution in [3.05, 3.63) is 35.9 Å². The number of rotatable bonds is 9. The average Bonchev–Trinajstić information content (AvgIpc) is 2.43. The van der Waals surface area contributed by atoms with Crippen LogP contribution in [-0.4, -0.2) is 24.2 Å². The van der Waals surface area contributed by atoms with Crippen molar-refractivity contribution >= 4 is 13.4 Å². The molecule has 5 heteroatoms. The number of benzene rings is 1. The van der Waals surface area contributed by atoms with Crippen LogP contribution in [0.15, 0.2) is 30.3 Å². The number of Topliss-reactive ketones (excluding diaryl/α,β-unsaturated/α-hetero) is 1. The minimum Gasteiger partial charge on any atom is -0.306 e. The van der Waals surface area contributed by atoms with Crippen molar-refractivity contribution in [1.29, 1.82) is 0 Å². The van der Waals surface area contributed by atoms with E-state index in [4.69, 9.17) is 9.05 Å². The van der Waals surface area contributed by atoms with Crippen molar-refractivity contribution in [3.63, 3.8) is 0 Å². The lowest BCUT2D eigenvalue weighted by Gasteiger charge is -2.26. The zero-order valence-corrected chi connectivity index (χ0v) is 15.0. The van der Waals surface area contributed by atoms with Crippen LogP contribution in [0.5, 0.6) is 0 Å². The van der Waals surface area contributed by atoms with Gasteiger partial charge in [0, 0.05) is 6.42 Å². The normalized spacial score (nSPS) is 13.6. The number of carbonyl (C=O) groups is 1. The molecule has 0 N–H and O–H groups in total. The Balaban J connectivity index is 3.08. The summed E-state index contributed by atoms with van der Waals surface area (Å²) >= 11 is 0. The van der Waals surface area contributed by atoms with Gasteiger partial charge in [-0.25, -0.2) is 0 Å². The fourth-order valence-corrected chi connectivity index (χ4v) is 4.67. The van der Waals surface area contributed by atoms with Gasteiger partial charge in [0.1, 0.15) is 5.78 Å². The van der Waals surface area contributed by atoms with Crippen LogP contribution in [0.25, 0.3) is 0 Å². The molecule has 1 aromatic carbocycles. The fraction of sp³-hybridized carbons (Fsp3) is 0.588. The minimum absolute atomic E-state index is 0.0473. The summed E-state index contributed by atoms with van der Waals surface area (Å²) in [5, 5.41) is 0. The molecule has 0 radical (unpaired) electrons. The summed E-state index contributed by atoms with van der Waals surface area (Å²) in [5.74, 6) is -0.416. The lowest BCUT2D eigenvalue weighted by Crippen LogP contribution is -2.20. The number of hydrogen-bond donors (Lipinski definition) is 0. The smallest absolute Gasteiger partial charge is 0.306 e. The standard InChI is InChI=1S/C17H27O4P/c1-6-17(18)16(15-10-8-7-9-11-15)12-22(19,20-13(2)3)21-14(4)5/h7-11,13-14,16H,6,12H2,1-5H3. The van der Waals surface area contributed by atoms with Gasteiger partial charge >= 0.3 is 7.60 Å². The first kappa shape index (κ1) is 19.1. The monoisotopic (exact) mass is 326 g/mol. The van der Waals surface area contributed by atoms with Crippen molar-refractivity contribution in [3.8, 4) is 0 Å². The highest BCUT2D eigenvalue weighted by atomic mass is 31.2. The van der Waals surface area contributed by atoms with E-state index >= 15 is 0 Å². The maximum Gasteiger partial charge on any atom is 0.332 e. The molecule has 1 aromatic rings. The van der Waals surface area contributed by atoms with Crippen LogP contribution in [-0.2, 0) is 18.4 Å². The quantitative estimate of drug-likeness (QED) is 0.612. The third-order valence-electron chi connectivity index (χ3n) is 3.09. The molecule has 0 aliphatic rings. The van der Waals surface area contributed by atoms with E-state index in [-0.39, 0.29) is 24.2 Å². The van der Waals surface area contributed by atoms with Crippen molar-refractivity contribution in [2.24, 2.45) is 0 Å². The van der Waals surface area contributed by atoms with Gasteiger partial charge in [-0.1, -0.05) is 37.3 Å². The SMILES string of the molecule is CCC(=O)C(CP(=O)(OC(C)C)OC(C)C)c1ccccc1. The lowest BCUT2D eigenvalue weighted by atomic mass is 9.95. The topological polar surface area (TPSA) is 52.6 Å². The molecule has 0 aliphatic carbocycles. The first-order valence-electron chi connectivity index (χ1n) is 7.81. The summed E-state index contributed by atoms with van der Waals surface area (Å²) in [6, 6.07) is 9.41. The molecule has 0 saturated heterocycles. The summed E-state index contributed by atoms with van der Waals surface area (Å²) in [5.41, 5.74) is 0.856. The van der Waals surface area contributed by atoms with E-state index in [1.54, 1.807) is 0 Å². The zero-order valence-electron chi connectivity index (χ0n) is 14.1. The van der Waals surface area contributed by atoms with E-state index < -0.39 is 13.5 Å². The van der Waals surface area contributed by atoms with E-state index in [1.165, 1.54) is 0 Å². The predicted octanol–water partition coefficient (Wildman–Crippen LogP) is 4.79. The third-order valence-corrected chi connectivity index (χ3v) is 5.39. The number of ketones is 1. The second-order valence-corrected chi connectivity index (χ2v) is 7.89. The Kier molecular flexibility index (Phi) is 7.47. The molecule has 0 aromatic heterocycles. The maximum absolute atomic E-state index is 13.0. The Bertz CT molecular complexity index is 497. The highest BCUT2D eigenvalue weighted by Crippen LogP contribution is 2.53. The zero-order chi connectivity index (χ0) is 16.8. The molecule has 0 spiro atoms. The molecule has 124 valence electrons. The molecule has 22 heavy (non-hydrogen) atoms. The molecule has 0 heterocycles. The van der Waals surface area contributed by atoms with Gasteiger partial charge in [-0.2, -0.15) is 0 Å². The molecule has 0 amide bonds. The van der Waals surface area contributed by atoms with Crippen LogP contribution < -0.4 is 0 Å². The summed E-state index contributed by atoms with van der Waals surface area (Å²) in [7, 11) is -3.34. The van der Waals surface area contributed by atoms with Crippen molar-refractivity contribution in [2.75, 3.05) is 6.16 Å². The van der Waals surface area contributed by atoms with Crippen LogP contribution in [0.1, 0.15) is 52.5 Å². The van der Waals surface area contributed by atoms with Crippen LogP contribution >= 0.6 is 7.60 Å². The number of carbonyl (C=O) groups excluding carboxylic acids is 1. The second kappa shape index (κ2) is 8.61. The van der Waals surface area contributed by atoms with E-state index in [0.29, 0.717) is 6.42 Å². The number of hydrogen-bond acceptors (Lipinski definition) is 4. The third kappa shape index (κ3) is 6.04. The lowest BCUT2D eigenvalue weighted by molar-refractivity contribution is -0.119. The molecule has 4 nitrogen and oxygen atoms in total. The first-order chi connectivity index (χ1) is 10.3. The van der Waals surface area contributed by atoms with E-state index in [2.05, 4.69) is 0 Å². The maximum atomic E-state index is 13.0. The Hall–Kier alpha value is -0.960. The van der Waals surface area contributed by atoms with Gasteiger partial charge in [0.25, 0.3) is 0 Å². The van der Waals surface area contributed by atoms with E-state index in [0.717, 1.165) is 5.56 Å². The largest absolute Gasteiger partial charge is 0.332 e. The Morgan fingerprint density at radius 1 is 1.05 bits per heavy atom. The van der Waals surface area contributed by atoms with Crippen LogP contribution in [0.2, 0.25) is 0 Å². The molecule has 1 atom stereocenters. The summed E-state index contributed by atoms with van der Waals surface area (Å²) < 4.78 is 24.2. The average molecular weight is 326 g/mol. The summed E-state index contributed by atoms with van der Waals surface area (Å²) in [6.07, 6.45) is 0.0265.